The van der Waals surface area contributed by atoms with E-state index in [9.17, 15) is 9.59 Å². The highest BCUT2D eigenvalue weighted by Crippen LogP contribution is 2.29. The van der Waals surface area contributed by atoms with E-state index >= 15 is 0 Å². The van der Waals surface area contributed by atoms with Crippen molar-refractivity contribution in [3.63, 3.8) is 0 Å². The number of aliphatic imine (C=N–C) groups is 1. The summed E-state index contributed by atoms with van der Waals surface area (Å²) in [6, 6.07) is 10.2. The molecule has 110 valence electrons. The van der Waals surface area contributed by atoms with Gasteiger partial charge >= 0.3 is 0 Å². The molecule has 0 saturated heterocycles. The van der Waals surface area contributed by atoms with Crippen molar-refractivity contribution in [3.8, 4) is 0 Å². The third-order valence-electron chi connectivity index (χ3n) is 3.24. The molecule has 0 bridgehead atoms. The number of hydrogen-bond donors (Lipinski definition) is 0. The van der Waals surface area contributed by atoms with E-state index in [2.05, 4.69) is 9.98 Å². The number of benzene rings is 1. The molecule has 0 fully saturated rings. The van der Waals surface area contributed by atoms with Gasteiger partial charge in [0.25, 0.3) is 0 Å². The Morgan fingerprint density at radius 1 is 1.14 bits per heavy atom. The zero-order valence-corrected chi connectivity index (χ0v) is 12.5. The third-order valence-corrected chi connectivity index (χ3v) is 4.07. The molecular formula is C16H12N2O3S. The van der Waals surface area contributed by atoms with Crippen molar-refractivity contribution < 1.29 is 13.8 Å². The second kappa shape index (κ2) is 6.21. The average Bonchev–Trinajstić information content (AvgIpc) is 2.57. The molecule has 0 N–H and O–H groups in total. The van der Waals surface area contributed by atoms with Crippen molar-refractivity contribution in [2.75, 3.05) is 7.11 Å². The van der Waals surface area contributed by atoms with Gasteiger partial charge < -0.3 is 4.18 Å². The number of pyridine rings is 1. The highest BCUT2D eigenvalue weighted by atomic mass is 32.2. The summed E-state index contributed by atoms with van der Waals surface area (Å²) in [4.78, 5) is 33.6. The fourth-order valence-electron chi connectivity index (χ4n) is 2.27. The summed E-state index contributed by atoms with van der Waals surface area (Å²) in [5.74, 6) is -0.432. The van der Waals surface area contributed by atoms with E-state index in [1.54, 1.807) is 48.8 Å². The SMILES string of the molecule is COSC1C(=O)c2ccccc2C(=O)C1=Nc1cccnc1. The molecule has 0 spiro atoms. The fraction of sp³-hybridized carbons (Fsp3) is 0.125. The first kappa shape index (κ1) is 14.6. The maximum atomic E-state index is 12.7. The molecule has 0 saturated carbocycles. The molecular weight excluding hydrogens is 300 g/mol. The monoisotopic (exact) mass is 312 g/mol. The second-order valence-electron chi connectivity index (χ2n) is 4.59. The maximum Gasteiger partial charge on any atom is 0.209 e. The summed E-state index contributed by atoms with van der Waals surface area (Å²) in [6.07, 6.45) is 3.16. The minimum absolute atomic E-state index is 0.170. The lowest BCUT2D eigenvalue weighted by Gasteiger charge is -2.22. The quantitative estimate of drug-likeness (QED) is 0.815. The molecule has 1 aliphatic rings. The van der Waals surface area contributed by atoms with Gasteiger partial charge in [-0.1, -0.05) is 24.3 Å². The summed E-state index contributed by atoms with van der Waals surface area (Å²) >= 11 is 0.933. The van der Waals surface area contributed by atoms with E-state index in [0.29, 0.717) is 16.8 Å². The van der Waals surface area contributed by atoms with Gasteiger partial charge in [-0.15, -0.1) is 0 Å². The minimum Gasteiger partial charge on any atom is -0.317 e. The van der Waals surface area contributed by atoms with Gasteiger partial charge in [0.2, 0.25) is 5.78 Å². The lowest BCUT2D eigenvalue weighted by Crippen LogP contribution is -2.39. The van der Waals surface area contributed by atoms with Gasteiger partial charge in [0.05, 0.1) is 19.0 Å². The molecule has 1 aliphatic carbocycles. The number of hydrogen-bond acceptors (Lipinski definition) is 6. The lowest BCUT2D eigenvalue weighted by atomic mass is 9.87. The van der Waals surface area contributed by atoms with Gasteiger partial charge in [-0.2, -0.15) is 0 Å². The van der Waals surface area contributed by atoms with Gasteiger partial charge in [0.1, 0.15) is 11.0 Å². The van der Waals surface area contributed by atoms with Crippen LogP contribution in [0.4, 0.5) is 5.69 Å². The Hall–Kier alpha value is -2.31. The van der Waals surface area contributed by atoms with Crippen LogP contribution in [0.15, 0.2) is 53.8 Å². The van der Waals surface area contributed by atoms with E-state index in [1.807, 2.05) is 0 Å². The summed E-state index contributed by atoms with van der Waals surface area (Å²) in [6.45, 7) is 0. The second-order valence-corrected chi connectivity index (χ2v) is 5.59. The van der Waals surface area contributed by atoms with Gasteiger partial charge in [-0.3, -0.25) is 14.6 Å². The molecule has 22 heavy (non-hydrogen) atoms. The van der Waals surface area contributed by atoms with Crippen LogP contribution in [0.1, 0.15) is 20.7 Å². The molecule has 6 heteroatoms. The normalized spacial score (nSPS) is 19.3. The van der Waals surface area contributed by atoms with Crippen molar-refractivity contribution in [1.82, 2.24) is 4.98 Å². The van der Waals surface area contributed by atoms with Crippen LogP contribution in [0.3, 0.4) is 0 Å². The van der Waals surface area contributed by atoms with Crippen LogP contribution in [0, 0.1) is 0 Å². The number of ketones is 2. The highest BCUT2D eigenvalue weighted by molar-refractivity contribution is 7.97. The van der Waals surface area contributed by atoms with Gasteiger partial charge in [-0.25, -0.2) is 4.99 Å². The van der Waals surface area contributed by atoms with Crippen LogP contribution in [-0.4, -0.2) is 34.6 Å². The predicted molar refractivity (Wildman–Crippen MR) is 84.8 cm³/mol. The van der Waals surface area contributed by atoms with E-state index in [1.165, 1.54) is 7.11 Å². The Balaban J connectivity index is 2.13. The Kier molecular flexibility index (Phi) is 4.13. The average molecular weight is 312 g/mol. The first-order valence-corrected chi connectivity index (χ1v) is 7.39. The van der Waals surface area contributed by atoms with Crippen molar-refractivity contribution in [2.45, 2.75) is 5.25 Å². The van der Waals surface area contributed by atoms with Crippen LogP contribution in [0.5, 0.6) is 0 Å². The Morgan fingerprint density at radius 3 is 2.59 bits per heavy atom. The minimum atomic E-state index is -0.771. The molecule has 2 aromatic rings. The van der Waals surface area contributed by atoms with Crippen LogP contribution < -0.4 is 0 Å². The topological polar surface area (TPSA) is 68.6 Å². The number of nitrogens with zero attached hydrogens (tertiary/aromatic N) is 2. The largest absolute Gasteiger partial charge is 0.317 e. The molecule has 5 nitrogen and oxygen atoms in total. The van der Waals surface area contributed by atoms with Gasteiger partial charge in [0.15, 0.2) is 5.78 Å². The van der Waals surface area contributed by atoms with Crippen LogP contribution in [0.2, 0.25) is 0 Å². The molecule has 1 heterocycles. The fourth-order valence-corrected chi connectivity index (χ4v) is 2.93. The van der Waals surface area contributed by atoms with Crippen molar-refractivity contribution in [2.24, 2.45) is 4.99 Å². The van der Waals surface area contributed by atoms with E-state index in [4.69, 9.17) is 4.18 Å². The van der Waals surface area contributed by atoms with Crippen molar-refractivity contribution in [3.05, 3.63) is 59.9 Å². The molecule has 1 unspecified atom stereocenters. The van der Waals surface area contributed by atoms with Crippen LogP contribution >= 0.6 is 12.0 Å². The predicted octanol–water partition coefficient (Wildman–Crippen LogP) is 2.90. The lowest BCUT2D eigenvalue weighted by molar-refractivity contribution is 0.0968. The molecule has 0 amide bonds. The summed E-state index contributed by atoms with van der Waals surface area (Å²) in [5, 5.41) is -0.771. The Bertz CT molecular complexity index is 759. The molecule has 1 aromatic carbocycles. The number of carbonyl (C=O) groups is 2. The highest BCUT2D eigenvalue weighted by Gasteiger charge is 2.39. The van der Waals surface area contributed by atoms with E-state index < -0.39 is 5.25 Å². The molecule has 1 atom stereocenters. The molecule has 0 radical (unpaired) electrons. The number of rotatable bonds is 3. The van der Waals surface area contributed by atoms with Gasteiger partial charge in [0, 0.05) is 29.4 Å². The number of fused-ring (bicyclic) bond motifs is 1. The van der Waals surface area contributed by atoms with Gasteiger partial charge in [-0.05, 0) is 12.1 Å². The van der Waals surface area contributed by atoms with Crippen LogP contribution in [-0.2, 0) is 4.18 Å². The summed E-state index contributed by atoms with van der Waals surface area (Å²) < 4.78 is 5.03. The first-order valence-electron chi connectivity index (χ1n) is 6.58. The summed E-state index contributed by atoms with van der Waals surface area (Å²) in [5.41, 5.74) is 1.48. The van der Waals surface area contributed by atoms with E-state index in [0.717, 1.165) is 12.0 Å². The molecule has 0 aliphatic heterocycles. The molecule has 3 rings (SSSR count). The van der Waals surface area contributed by atoms with E-state index in [-0.39, 0.29) is 17.3 Å². The first-order chi connectivity index (χ1) is 10.7. The zero-order valence-electron chi connectivity index (χ0n) is 11.7. The number of carbonyl (C=O) groups excluding carboxylic acids is 2. The third kappa shape index (κ3) is 2.58. The number of Topliss-reactive ketones (excluding diaryl/α,β-unsaturated/α-hetero) is 2. The smallest absolute Gasteiger partial charge is 0.209 e. The van der Waals surface area contributed by atoms with Crippen molar-refractivity contribution in [1.29, 1.82) is 0 Å². The van der Waals surface area contributed by atoms with Crippen LogP contribution in [0.25, 0.3) is 0 Å². The Morgan fingerprint density at radius 2 is 1.91 bits per heavy atom. The molecule has 1 aromatic heterocycles. The van der Waals surface area contributed by atoms with Crippen molar-refractivity contribution >= 4 is 35.0 Å². The maximum absolute atomic E-state index is 12.7. The summed E-state index contributed by atoms with van der Waals surface area (Å²) in [7, 11) is 1.46. The Labute approximate surface area is 131 Å². The zero-order chi connectivity index (χ0) is 15.5. The standard InChI is InChI=1S/C16H12N2O3S/c1-21-22-16-13(18-10-5-4-8-17-9-10)14(19)11-6-2-3-7-12(11)15(16)20/h2-9,16H,1H3. The number of aromatic nitrogens is 1.